The van der Waals surface area contributed by atoms with Gasteiger partial charge < -0.3 is 14.4 Å². The number of carbonyl (C=O) groups is 4. The summed E-state index contributed by atoms with van der Waals surface area (Å²) in [6.45, 7) is 2.21. The molecule has 2 aromatic carbocycles. The van der Waals surface area contributed by atoms with Gasteiger partial charge in [0.25, 0.3) is 0 Å². The lowest BCUT2D eigenvalue weighted by molar-refractivity contribution is -0.139. The fourth-order valence-electron chi connectivity index (χ4n) is 5.03. The van der Waals surface area contributed by atoms with Crippen LogP contribution in [0.2, 0.25) is 0 Å². The van der Waals surface area contributed by atoms with Gasteiger partial charge in [-0.3, -0.25) is 24.1 Å². The van der Waals surface area contributed by atoms with E-state index in [1.807, 2.05) is 13.0 Å². The second kappa shape index (κ2) is 9.02. The molecular weight excluding hydrogens is 448 g/mol. The molecule has 2 aromatic rings. The molecule has 2 fully saturated rings. The van der Waals surface area contributed by atoms with Crippen LogP contribution in [0.25, 0.3) is 0 Å². The molecule has 35 heavy (non-hydrogen) atoms. The van der Waals surface area contributed by atoms with E-state index in [0.29, 0.717) is 35.7 Å². The molecule has 3 amide bonds. The lowest BCUT2D eigenvalue weighted by atomic mass is 9.82. The molecule has 0 spiro atoms. The van der Waals surface area contributed by atoms with E-state index in [4.69, 9.17) is 9.47 Å². The molecule has 0 aromatic heterocycles. The largest absolute Gasteiger partial charge is 0.497 e. The van der Waals surface area contributed by atoms with Crippen LogP contribution in [-0.4, -0.2) is 37.3 Å². The molecule has 0 bridgehead atoms. The Hall–Kier alpha value is -3.94. The minimum Gasteiger partial charge on any atom is -0.497 e. The number of hydrogen-bond acceptors (Lipinski definition) is 6. The molecule has 1 aliphatic carbocycles. The Morgan fingerprint density at radius 1 is 0.857 bits per heavy atom. The predicted molar refractivity (Wildman–Crippen MR) is 128 cm³/mol. The van der Waals surface area contributed by atoms with Crippen LogP contribution in [0.1, 0.15) is 26.2 Å². The monoisotopic (exact) mass is 474 g/mol. The van der Waals surface area contributed by atoms with Gasteiger partial charge in [0.1, 0.15) is 11.5 Å². The van der Waals surface area contributed by atoms with Gasteiger partial charge in [0.15, 0.2) is 0 Å². The third kappa shape index (κ3) is 4.20. The van der Waals surface area contributed by atoms with Crippen molar-refractivity contribution in [3.63, 3.8) is 0 Å². The SMILES string of the molecule is COc1ccc(N2C[C@H](C(=O)Oc3ccc(N4C(=O)[C@H]5CC=C(C)C[C@H]5C4=O)cc3)CC2=O)cc1. The van der Waals surface area contributed by atoms with Gasteiger partial charge in [-0.25, -0.2) is 0 Å². The molecule has 8 nitrogen and oxygen atoms in total. The normalized spacial score (nSPS) is 23.9. The van der Waals surface area contributed by atoms with Gasteiger partial charge in [0.2, 0.25) is 17.7 Å². The number of hydrogen-bond donors (Lipinski definition) is 0. The lowest BCUT2D eigenvalue weighted by Gasteiger charge is -2.18. The standard InChI is InChI=1S/C27H26N2O6/c1-16-3-12-22-23(13-16)26(32)29(25(22)31)19-6-10-21(11-7-19)35-27(33)17-14-24(30)28(15-17)18-4-8-20(34-2)9-5-18/h3-11,17,22-23H,12-15H2,1-2H3/t17-,22+,23-/m1/s1. The summed E-state index contributed by atoms with van der Waals surface area (Å²) in [6.07, 6.45) is 3.29. The number of methoxy groups -OCH3 is 1. The third-order valence-electron chi connectivity index (χ3n) is 6.98. The minimum atomic E-state index is -0.593. The van der Waals surface area contributed by atoms with Crippen molar-refractivity contribution in [2.45, 2.75) is 26.2 Å². The molecule has 2 saturated heterocycles. The van der Waals surface area contributed by atoms with Gasteiger partial charge in [-0.1, -0.05) is 11.6 Å². The van der Waals surface area contributed by atoms with Crippen molar-refractivity contribution >= 4 is 35.1 Å². The second-order valence-electron chi connectivity index (χ2n) is 9.23. The number of esters is 1. The van der Waals surface area contributed by atoms with Crippen LogP contribution >= 0.6 is 0 Å². The highest BCUT2D eigenvalue weighted by Crippen LogP contribution is 2.40. The Bertz CT molecular complexity index is 1220. The highest BCUT2D eigenvalue weighted by atomic mass is 16.5. The molecular formula is C27H26N2O6. The molecule has 5 rings (SSSR count). The van der Waals surface area contributed by atoms with Crippen LogP contribution in [0.4, 0.5) is 11.4 Å². The number of benzene rings is 2. The zero-order valence-corrected chi connectivity index (χ0v) is 19.6. The Balaban J connectivity index is 1.23. The predicted octanol–water partition coefficient (Wildman–Crippen LogP) is 3.50. The topological polar surface area (TPSA) is 93.2 Å². The van der Waals surface area contributed by atoms with Crippen LogP contribution in [0.3, 0.4) is 0 Å². The van der Waals surface area contributed by atoms with E-state index < -0.39 is 11.9 Å². The highest BCUT2D eigenvalue weighted by molar-refractivity contribution is 6.22. The van der Waals surface area contributed by atoms with Crippen LogP contribution in [-0.2, 0) is 19.2 Å². The first-order chi connectivity index (χ1) is 16.9. The molecule has 8 heteroatoms. The number of imide groups is 1. The van der Waals surface area contributed by atoms with E-state index in [0.717, 1.165) is 5.57 Å². The Morgan fingerprint density at radius 3 is 2.17 bits per heavy atom. The first-order valence-electron chi connectivity index (χ1n) is 11.7. The summed E-state index contributed by atoms with van der Waals surface area (Å²) in [5.41, 5.74) is 2.29. The molecule has 180 valence electrons. The van der Waals surface area contributed by atoms with Gasteiger partial charge in [0.05, 0.1) is 30.6 Å². The summed E-state index contributed by atoms with van der Waals surface area (Å²) in [7, 11) is 1.57. The number of ether oxygens (including phenoxy) is 2. The lowest BCUT2D eigenvalue weighted by Crippen LogP contribution is -2.30. The molecule has 0 saturated carbocycles. The highest BCUT2D eigenvalue weighted by Gasteiger charge is 2.48. The van der Waals surface area contributed by atoms with Gasteiger partial charge in [-0.2, -0.15) is 0 Å². The summed E-state index contributed by atoms with van der Waals surface area (Å²) in [6, 6.07) is 13.4. The van der Waals surface area contributed by atoms with Crippen molar-refractivity contribution in [3.05, 3.63) is 60.2 Å². The fraction of sp³-hybridized carbons (Fsp3) is 0.333. The van der Waals surface area contributed by atoms with Gasteiger partial charge in [-0.15, -0.1) is 0 Å². The Morgan fingerprint density at radius 2 is 1.49 bits per heavy atom. The van der Waals surface area contributed by atoms with Crippen molar-refractivity contribution in [1.29, 1.82) is 0 Å². The summed E-state index contributed by atoms with van der Waals surface area (Å²) in [5, 5.41) is 0. The smallest absolute Gasteiger partial charge is 0.316 e. The van der Waals surface area contributed by atoms with Crippen LogP contribution in [0.5, 0.6) is 11.5 Å². The number of anilines is 2. The first kappa shape index (κ1) is 22.8. The quantitative estimate of drug-likeness (QED) is 0.285. The van der Waals surface area contributed by atoms with Crippen molar-refractivity contribution in [2.75, 3.05) is 23.5 Å². The maximum atomic E-state index is 12.9. The molecule has 3 aliphatic rings. The van der Waals surface area contributed by atoms with E-state index >= 15 is 0 Å². The van der Waals surface area contributed by atoms with Crippen LogP contribution < -0.4 is 19.3 Å². The molecule has 0 unspecified atom stereocenters. The average Bonchev–Trinajstić information content (AvgIpc) is 3.37. The van der Waals surface area contributed by atoms with Crippen molar-refractivity contribution in [1.82, 2.24) is 0 Å². The van der Waals surface area contributed by atoms with Crippen molar-refractivity contribution < 1.29 is 28.7 Å². The number of fused-ring (bicyclic) bond motifs is 1. The number of carbonyl (C=O) groups excluding carboxylic acids is 4. The Kier molecular flexibility index (Phi) is 5.88. The zero-order chi connectivity index (χ0) is 24.7. The zero-order valence-electron chi connectivity index (χ0n) is 19.6. The molecule has 0 N–H and O–H groups in total. The summed E-state index contributed by atoms with van der Waals surface area (Å²) in [4.78, 5) is 53.8. The first-order valence-corrected chi connectivity index (χ1v) is 11.7. The molecule has 2 heterocycles. The number of allylic oxidation sites excluding steroid dienone is 2. The third-order valence-corrected chi connectivity index (χ3v) is 6.98. The number of amides is 3. The molecule has 0 radical (unpaired) electrons. The van der Waals surface area contributed by atoms with E-state index in [1.54, 1.807) is 60.5 Å². The average molecular weight is 475 g/mol. The second-order valence-corrected chi connectivity index (χ2v) is 9.23. The van der Waals surface area contributed by atoms with Gasteiger partial charge in [-0.05, 0) is 68.3 Å². The van der Waals surface area contributed by atoms with Gasteiger partial charge >= 0.3 is 5.97 Å². The van der Waals surface area contributed by atoms with E-state index in [9.17, 15) is 19.2 Å². The maximum Gasteiger partial charge on any atom is 0.316 e. The van der Waals surface area contributed by atoms with Crippen molar-refractivity contribution in [3.8, 4) is 11.5 Å². The summed E-state index contributed by atoms with van der Waals surface area (Å²) in [5.74, 6) is -1.24. The van der Waals surface area contributed by atoms with E-state index in [1.165, 1.54) is 4.90 Å². The van der Waals surface area contributed by atoms with E-state index in [-0.39, 0.29) is 42.5 Å². The summed E-state index contributed by atoms with van der Waals surface area (Å²) < 4.78 is 10.7. The fourth-order valence-corrected chi connectivity index (χ4v) is 5.03. The maximum absolute atomic E-state index is 12.9. The summed E-state index contributed by atoms with van der Waals surface area (Å²) >= 11 is 0. The molecule has 3 atom stereocenters. The van der Waals surface area contributed by atoms with E-state index in [2.05, 4.69) is 0 Å². The number of nitrogens with zero attached hydrogens (tertiary/aromatic N) is 2. The van der Waals surface area contributed by atoms with Crippen LogP contribution in [0.15, 0.2) is 60.2 Å². The minimum absolute atomic E-state index is 0.0654. The van der Waals surface area contributed by atoms with Gasteiger partial charge in [0, 0.05) is 18.7 Å². The molecule has 2 aliphatic heterocycles. The van der Waals surface area contributed by atoms with Crippen molar-refractivity contribution in [2.24, 2.45) is 17.8 Å². The number of rotatable bonds is 5. The Labute approximate surface area is 203 Å². The van der Waals surface area contributed by atoms with Crippen LogP contribution in [0, 0.1) is 17.8 Å².